The minimum absolute atomic E-state index is 0.658. The highest BCUT2D eigenvalue weighted by Crippen LogP contribution is 2.30. The molecule has 0 unspecified atom stereocenters. The maximum absolute atomic E-state index is 4.56. The number of rotatable bonds is 5. The number of hydrogen-bond donors (Lipinski definition) is 0. The third-order valence-electron chi connectivity index (χ3n) is 5.15. The van der Waals surface area contributed by atoms with Crippen LogP contribution in [0.15, 0.2) is 23.3 Å². The third-order valence-corrected chi connectivity index (χ3v) is 7.04. The fourth-order valence-electron chi connectivity index (χ4n) is 3.55. The molecule has 0 spiro atoms. The van der Waals surface area contributed by atoms with Gasteiger partial charge in [0.05, 0.1) is 21.4 Å². The lowest BCUT2D eigenvalue weighted by Crippen LogP contribution is -2.44. The number of fused-ring (bicyclic) bond motifs is 1. The summed E-state index contributed by atoms with van der Waals surface area (Å²) in [7, 11) is 2.26. The molecule has 1 fully saturated rings. The summed E-state index contributed by atoms with van der Waals surface area (Å²) < 4.78 is 1.22. The average Bonchev–Trinajstić information content (AvgIpc) is 3.28. The lowest BCUT2D eigenvalue weighted by atomic mass is 10.0. The van der Waals surface area contributed by atoms with E-state index in [0.29, 0.717) is 6.04 Å². The van der Waals surface area contributed by atoms with E-state index in [1.54, 1.807) is 29.0 Å². The molecule has 0 bridgehead atoms. The quantitative estimate of drug-likeness (QED) is 0.684. The van der Waals surface area contributed by atoms with E-state index in [1.807, 2.05) is 5.51 Å². The van der Waals surface area contributed by atoms with Crippen LogP contribution in [0.3, 0.4) is 0 Å². The van der Waals surface area contributed by atoms with Gasteiger partial charge in [0.2, 0.25) is 0 Å². The Labute approximate surface area is 156 Å². The van der Waals surface area contributed by atoms with E-state index in [2.05, 4.69) is 50.2 Å². The summed E-state index contributed by atoms with van der Waals surface area (Å²) in [5.74, 6) is 1.11. The molecule has 0 N–H and O–H groups in total. The van der Waals surface area contributed by atoms with E-state index in [0.717, 1.165) is 37.4 Å². The van der Waals surface area contributed by atoms with Crippen LogP contribution in [0.5, 0.6) is 0 Å². The molecule has 0 amide bonds. The van der Waals surface area contributed by atoms with Gasteiger partial charge in [-0.1, -0.05) is 0 Å². The number of anilines is 1. The van der Waals surface area contributed by atoms with Gasteiger partial charge in [-0.15, -0.1) is 22.7 Å². The second-order valence-corrected chi connectivity index (χ2v) is 8.50. The van der Waals surface area contributed by atoms with E-state index in [-0.39, 0.29) is 0 Å². The van der Waals surface area contributed by atoms with Crippen molar-refractivity contribution in [3.63, 3.8) is 0 Å². The Morgan fingerprint density at radius 3 is 2.80 bits per heavy atom. The first kappa shape index (κ1) is 16.9. The monoisotopic (exact) mass is 373 g/mol. The van der Waals surface area contributed by atoms with E-state index in [9.17, 15) is 0 Å². The van der Waals surface area contributed by atoms with Crippen LogP contribution in [0, 0.1) is 6.92 Å². The van der Waals surface area contributed by atoms with Crippen LogP contribution in [0.2, 0.25) is 0 Å². The first-order chi connectivity index (χ1) is 12.2. The van der Waals surface area contributed by atoms with Gasteiger partial charge < -0.3 is 9.80 Å². The minimum atomic E-state index is 0.658. The molecule has 4 rings (SSSR count). The van der Waals surface area contributed by atoms with Crippen molar-refractivity contribution >= 4 is 38.7 Å². The predicted octanol–water partition coefficient (Wildman–Crippen LogP) is 3.60. The van der Waals surface area contributed by atoms with Gasteiger partial charge in [0.25, 0.3) is 0 Å². The van der Waals surface area contributed by atoms with Crippen molar-refractivity contribution in [2.24, 2.45) is 0 Å². The molecule has 3 aromatic rings. The van der Waals surface area contributed by atoms with E-state index in [4.69, 9.17) is 0 Å². The van der Waals surface area contributed by atoms with Gasteiger partial charge in [0.15, 0.2) is 0 Å². The highest BCUT2D eigenvalue weighted by Gasteiger charge is 2.24. The molecule has 1 aliphatic rings. The molecular weight excluding hydrogens is 350 g/mol. The topological polar surface area (TPSA) is 45.2 Å². The molecule has 5 nitrogen and oxygen atoms in total. The second kappa shape index (κ2) is 7.35. The predicted molar refractivity (Wildman–Crippen MR) is 106 cm³/mol. The molecule has 0 aliphatic carbocycles. The van der Waals surface area contributed by atoms with Crippen LogP contribution >= 0.6 is 22.7 Å². The van der Waals surface area contributed by atoms with Crippen LogP contribution in [-0.4, -0.2) is 52.6 Å². The lowest BCUT2D eigenvalue weighted by Gasteiger charge is -2.37. The Kier molecular flexibility index (Phi) is 4.96. The maximum atomic E-state index is 4.56. The molecule has 3 aromatic heterocycles. The van der Waals surface area contributed by atoms with Crippen molar-refractivity contribution < 1.29 is 0 Å². The molecule has 1 saturated heterocycles. The van der Waals surface area contributed by atoms with E-state index in [1.165, 1.54) is 28.1 Å². The molecule has 0 atom stereocenters. The van der Waals surface area contributed by atoms with Crippen LogP contribution in [0.4, 0.5) is 5.82 Å². The zero-order valence-corrected chi connectivity index (χ0v) is 16.3. The molecule has 25 heavy (non-hydrogen) atoms. The number of aromatic nitrogens is 3. The molecule has 7 heteroatoms. The van der Waals surface area contributed by atoms with Crippen molar-refractivity contribution in [1.29, 1.82) is 0 Å². The summed E-state index contributed by atoms with van der Waals surface area (Å²) in [6.07, 6.45) is 5.18. The standard InChI is InChI=1S/C18H23N5S2/c1-13-16(25-12-21-13)5-7-22(2)14-3-8-23(9-4-14)18-17-15(6-10-24-17)19-11-20-18/h6,10-12,14H,3-5,7-9H2,1-2H3. The fourth-order valence-corrected chi connectivity index (χ4v) is 5.18. The zero-order valence-electron chi connectivity index (χ0n) is 14.7. The van der Waals surface area contributed by atoms with Crippen molar-refractivity contribution in [1.82, 2.24) is 19.9 Å². The molecule has 1 aliphatic heterocycles. The third kappa shape index (κ3) is 3.54. The molecule has 132 valence electrons. The fraction of sp³-hybridized carbons (Fsp3) is 0.500. The normalized spacial score (nSPS) is 16.2. The Balaban J connectivity index is 1.35. The maximum Gasteiger partial charge on any atom is 0.150 e. The van der Waals surface area contributed by atoms with Crippen LogP contribution in [0.1, 0.15) is 23.4 Å². The van der Waals surface area contributed by atoms with Gasteiger partial charge in [-0.3, -0.25) is 0 Å². The molecule has 4 heterocycles. The summed E-state index contributed by atoms with van der Waals surface area (Å²) in [4.78, 5) is 19.6. The minimum Gasteiger partial charge on any atom is -0.355 e. The zero-order chi connectivity index (χ0) is 17.2. The number of thiazole rings is 1. The summed E-state index contributed by atoms with van der Waals surface area (Å²) in [5.41, 5.74) is 4.21. The van der Waals surface area contributed by atoms with Crippen molar-refractivity contribution in [2.45, 2.75) is 32.2 Å². The van der Waals surface area contributed by atoms with Gasteiger partial charge in [0, 0.05) is 30.6 Å². The lowest BCUT2D eigenvalue weighted by molar-refractivity contribution is 0.210. The van der Waals surface area contributed by atoms with E-state index < -0.39 is 0 Å². The molecule has 0 radical (unpaired) electrons. The molecular formula is C18H23N5S2. The number of hydrogen-bond acceptors (Lipinski definition) is 7. The van der Waals surface area contributed by atoms with Gasteiger partial charge >= 0.3 is 0 Å². The highest BCUT2D eigenvalue weighted by atomic mass is 32.1. The first-order valence-corrected chi connectivity index (χ1v) is 10.5. The average molecular weight is 374 g/mol. The number of nitrogens with zero attached hydrogens (tertiary/aromatic N) is 5. The summed E-state index contributed by atoms with van der Waals surface area (Å²) in [6.45, 7) is 5.35. The molecule has 0 saturated carbocycles. The number of thiophene rings is 1. The van der Waals surface area contributed by atoms with Crippen LogP contribution in [0.25, 0.3) is 10.2 Å². The Morgan fingerprint density at radius 1 is 1.20 bits per heavy atom. The van der Waals surface area contributed by atoms with Crippen molar-refractivity contribution in [3.05, 3.63) is 33.9 Å². The Morgan fingerprint density at radius 2 is 2.04 bits per heavy atom. The van der Waals surface area contributed by atoms with Crippen LogP contribution < -0.4 is 4.90 Å². The SMILES string of the molecule is Cc1ncsc1CCN(C)C1CCN(c2ncnc3ccsc23)CC1. The van der Waals surface area contributed by atoms with Crippen molar-refractivity contribution in [2.75, 3.05) is 31.6 Å². The van der Waals surface area contributed by atoms with Gasteiger partial charge in [-0.25, -0.2) is 15.0 Å². The van der Waals surface area contributed by atoms with Gasteiger partial charge in [-0.2, -0.15) is 0 Å². The molecule has 0 aromatic carbocycles. The first-order valence-electron chi connectivity index (χ1n) is 8.74. The smallest absolute Gasteiger partial charge is 0.150 e. The van der Waals surface area contributed by atoms with E-state index >= 15 is 0 Å². The summed E-state index contributed by atoms with van der Waals surface area (Å²) >= 11 is 3.52. The number of likely N-dealkylation sites (N-methyl/N-ethyl adjacent to an activating group) is 1. The number of aryl methyl sites for hydroxylation is 1. The number of piperidine rings is 1. The van der Waals surface area contributed by atoms with Gasteiger partial charge in [-0.05, 0) is 44.7 Å². The summed E-state index contributed by atoms with van der Waals surface area (Å²) in [6, 6.07) is 2.73. The Hall–Kier alpha value is -1.57. The van der Waals surface area contributed by atoms with Crippen molar-refractivity contribution in [3.8, 4) is 0 Å². The second-order valence-electron chi connectivity index (χ2n) is 6.64. The van der Waals surface area contributed by atoms with Gasteiger partial charge in [0.1, 0.15) is 12.1 Å². The summed E-state index contributed by atoms with van der Waals surface area (Å²) in [5, 5.41) is 2.10. The largest absolute Gasteiger partial charge is 0.355 e. The Bertz CT molecular complexity index is 835. The van der Waals surface area contributed by atoms with Crippen LogP contribution in [-0.2, 0) is 6.42 Å². The highest BCUT2D eigenvalue weighted by molar-refractivity contribution is 7.17.